The fourth-order valence-corrected chi connectivity index (χ4v) is 3.84. The van der Waals surface area contributed by atoms with Crippen LogP contribution in [0.2, 0.25) is 5.02 Å². The highest BCUT2D eigenvalue weighted by atomic mass is 35.5. The molecule has 1 aliphatic rings. The summed E-state index contributed by atoms with van der Waals surface area (Å²) in [6.45, 7) is 9.89. The molecular formula is C23H37ClN4O4. The molecule has 9 heteroatoms. The molecule has 2 rings (SSSR count). The Morgan fingerprint density at radius 3 is 2.66 bits per heavy atom. The van der Waals surface area contributed by atoms with Gasteiger partial charge in [-0.1, -0.05) is 18.0 Å². The summed E-state index contributed by atoms with van der Waals surface area (Å²) in [4.78, 5) is 26.6. The lowest BCUT2D eigenvalue weighted by Crippen LogP contribution is -2.36. The van der Waals surface area contributed by atoms with E-state index in [-0.39, 0.29) is 12.0 Å². The van der Waals surface area contributed by atoms with E-state index < -0.39 is 5.60 Å². The van der Waals surface area contributed by atoms with E-state index in [0.29, 0.717) is 41.0 Å². The zero-order valence-electron chi connectivity index (χ0n) is 19.6. The molecule has 8 nitrogen and oxygen atoms in total. The lowest BCUT2D eigenvalue weighted by atomic mass is 10.1. The van der Waals surface area contributed by atoms with Gasteiger partial charge >= 0.3 is 6.09 Å². The lowest BCUT2D eigenvalue weighted by Gasteiger charge is -2.21. The number of rotatable bonds is 10. The van der Waals surface area contributed by atoms with Crippen molar-refractivity contribution in [1.29, 1.82) is 0 Å². The fourth-order valence-electron chi connectivity index (χ4n) is 3.67. The normalized spacial score (nSPS) is 16.6. The topological polar surface area (TPSA) is 106 Å². The maximum absolute atomic E-state index is 12.4. The smallest absolute Gasteiger partial charge is 0.407 e. The molecule has 2 amide bonds. The summed E-state index contributed by atoms with van der Waals surface area (Å²) in [5.41, 5.74) is 6.05. The summed E-state index contributed by atoms with van der Waals surface area (Å²) in [6, 6.07) is 3.09. The number of nitrogens with zero attached hydrogens (tertiary/aromatic N) is 1. The zero-order valence-corrected chi connectivity index (χ0v) is 20.4. The number of unbranched alkanes of at least 4 members (excludes halogenated alkanes) is 2. The fraction of sp³-hybridized carbons (Fsp3) is 0.652. The van der Waals surface area contributed by atoms with Gasteiger partial charge in [0, 0.05) is 25.7 Å². The summed E-state index contributed by atoms with van der Waals surface area (Å²) in [5, 5.41) is 6.12. The molecule has 0 bridgehead atoms. The number of halogens is 1. The SMILES string of the molecule is COc1cc(N)c(Cl)cc1C(=O)NCCCCCN1CC[C@H](CNC(=O)OC(C)(C)C)C1. The molecule has 32 heavy (non-hydrogen) atoms. The van der Waals surface area contributed by atoms with Crippen molar-refractivity contribution in [3.63, 3.8) is 0 Å². The minimum atomic E-state index is -0.473. The Morgan fingerprint density at radius 2 is 1.97 bits per heavy atom. The maximum Gasteiger partial charge on any atom is 0.407 e. The van der Waals surface area contributed by atoms with E-state index in [4.69, 9.17) is 26.8 Å². The first-order chi connectivity index (χ1) is 15.1. The number of benzene rings is 1. The number of hydrogen-bond acceptors (Lipinski definition) is 6. The Morgan fingerprint density at radius 1 is 1.22 bits per heavy atom. The molecule has 0 unspecified atom stereocenters. The molecule has 1 aromatic rings. The lowest BCUT2D eigenvalue weighted by molar-refractivity contribution is 0.0519. The number of ether oxygens (including phenoxy) is 2. The highest BCUT2D eigenvalue weighted by molar-refractivity contribution is 6.33. The van der Waals surface area contributed by atoms with Crippen LogP contribution < -0.4 is 21.1 Å². The van der Waals surface area contributed by atoms with Crippen molar-refractivity contribution in [2.75, 3.05) is 45.6 Å². The Hall–Kier alpha value is -2.19. The highest BCUT2D eigenvalue weighted by Crippen LogP contribution is 2.28. The first-order valence-corrected chi connectivity index (χ1v) is 11.6. The Bertz CT molecular complexity index is 782. The van der Waals surface area contributed by atoms with Crippen LogP contribution in [0.25, 0.3) is 0 Å². The van der Waals surface area contributed by atoms with E-state index in [1.165, 1.54) is 13.2 Å². The summed E-state index contributed by atoms with van der Waals surface area (Å²) in [5.74, 6) is 0.654. The Balaban J connectivity index is 1.59. The monoisotopic (exact) mass is 468 g/mol. The maximum atomic E-state index is 12.4. The van der Waals surface area contributed by atoms with Crippen LogP contribution in [-0.4, -0.2) is 62.3 Å². The minimum Gasteiger partial charge on any atom is -0.496 e. The summed E-state index contributed by atoms with van der Waals surface area (Å²) in [6.07, 6.45) is 3.72. The molecule has 0 radical (unpaired) electrons. The molecular weight excluding hydrogens is 432 g/mol. The Kier molecular flexibility index (Phi) is 9.90. The number of carbonyl (C=O) groups is 2. The van der Waals surface area contributed by atoms with Crippen molar-refractivity contribution < 1.29 is 19.1 Å². The number of alkyl carbamates (subject to hydrolysis) is 1. The van der Waals surface area contributed by atoms with Crippen molar-refractivity contribution in [3.8, 4) is 5.75 Å². The van der Waals surface area contributed by atoms with Crippen LogP contribution in [0.1, 0.15) is 56.8 Å². The molecule has 4 N–H and O–H groups in total. The van der Waals surface area contributed by atoms with Gasteiger partial charge < -0.3 is 30.7 Å². The number of nitrogens with two attached hydrogens (primary N) is 1. The van der Waals surface area contributed by atoms with Gasteiger partial charge in [-0.2, -0.15) is 0 Å². The van der Waals surface area contributed by atoms with E-state index in [1.54, 1.807) is 6.07 Å². The van der Waals surface area contributed by atoms with Crippen LogP contribution in [0.3, 0.4) is 0 Å². The third-order valence-corrected chi connectivity index (χ3v) is 5.63. The van der Waals surface area contributed by atoms with Gasteiger partial charge in [-0.05, 0) is 65.1 Å². The van der Waals surface area contributed by atoms with Crippen LogP contribution in [0.15, 0.2) is 12.1 Å². The van der Waals surface area contributed by atoms with Crippen molar-refractivity contribution >= 4 is 29.3 Å². The second-order valence-electron chi connectivity index (χ2n) is 9.23. The minimum absolute atomic E-state index is 0.219. The van der Waals surface area contributed by atoms with Crippen molar-refractivity contribution in [2.24, 2.45) is 5.92 Å². The molecule has 1 saturated heterocycles. The first-order valence-electron chi connectivity index (χ1n) is 11.2. The number of carbonyl (C=O) groups excluding carboxylic acids is 2. The molecule has 1 aromatic carbocycles. The molecule has 1 atom stereocenters. The zero-order chi connectivity index (χ0) is 23.7. The van der Waals surface area contributed by atoms with Crippen molar-refractivity contribution in [3.05, 3.63) is 22.7 Å². The van der Waals surface area contributed by atoms with E-state index in [2.05, 4.69) is 15.5 Å². The van der Waals surface area contributed by atoms with Gasteiger partial charge in [-0.15, -0.1) is 0 Å². The van der Waals surface area contributed by atoms with Gasteiger partial charge in [0.05, 0.1) is 23.4 Å². The van der Waals surface area contributed by atoms with Crippen LogP contribution in [0.5, 0.6) is 5.75 Å². The molecule has 0 aromatic heterocycles. The third kappa shape index (κ3) is 8.74. The van der Waals surface area contributed by atoms with Crippen molar-refractivity contribution in [1.82, 2.24) is 15.5 Å². The first kappa shape index (κ1) is 26.1. The van der Waals surface area contributed by atoms with Crippen LogP contribution in [-0.2, 0) is 4.74 Å². The average molecular weight is 469 g/mol. The van der Waals surface area contributed by atoms with E-state index in [0.717, 1.165) is 45.3 Å². The van der Waals surface area contributed by atoms with Crippen LogP contribution in [0.4, 0.5) is 10.5 Å². The number of nitrogen functional groups attached to an aromatic ring is 1. The van der Waals surface area contributed by atoms with E-state index >= 15 is 0 Å². The number of nitrogens with one attached hydrogen (secondary N) is 2. The molecule has 0 saturated carbocycles. The standard InChI is InChI=1S/C23H37ClN4O4/c1-23(2,3)32-22(30)27-14-16-8-11-28(15-16)10-7-5-6-9-26-21(29)17-12-18(24)19(25)13-20(17)31-4/h12-13,16H,5-11,14-15,25H2,1-4H3,(H,26,29)(H,27,30)/t16-/m1/s1. The third-order valence-electron chi connectivity index (χ3n) is 5.30. The predicted octanol–water partition coefficient (Wildman–Crippen LogP) is 3.68. The second-order valence-corrected chi connectivity index (χ2v) is 9.64. The van der Waals surface area contributed by atoms with Crippen LogP contribution >= 0.6 is 11.6 Å². The van der Waals surface area contributed by atoms with Crippen LogP contribution in [0, 0.1) is 5.92 Å². The quantitative estimate of drug-likeness (QED) is 0.357. The predicted molar refractivity (Wildman–Crippen MR) is 127 cm³/mol. The molecule has 1 heterocycles. The average Bonchev–Trinajstić information content (AvgIpc) is 3.17. The molecule has 1 aliphatic heterocycles. The van der Waals surface area contributed by atoms with E-state index in [1.807, 2.05) is 20.8 Å². The van der Waals surface area contributed by atoms with Gasteiger partial charge in [-0.3, -0.25) is 4.79 Å². The van der Waals surface area contributed by atoms with Gasteiger partial charge in [0.25, 0.3) is 5.91 Å². The summed E-state index contributed by atoms with van der Waals surface area (Å²) in [7, 11) is 1.50. The summed E-state index contributed by atoms with van der Waals surface area (Å²) < 4.78 is 10.5. The number of methoxy groups -OCH3 is 1. The molecule has 0 aliphatic carbocycles. The number of anilines is 1. The second kappa shape index (κ2) is 12.2. The van der Waals surface area contributed by atoms with Gasteiger partial charge in [0.15, 0.2) is 0 Å². The number of amides is 2. The number of hydrogen-bond donors (Lipinski definition) is 3. The van der Waals surface area contributed by atoms with Gasteiger partial charge in [0.1, 0.15) is 11.4 Å². The van der Waals surface area contributed by atoms with E-state index in [9.17, 15) is 9.59 Å². The molecule has 0 spiro atoms. The molecule has 180 valence electrons. The van der Waals surface area contributed by atoms with Gasteiger partial charge in [0.2, 0.25) is 0 Å². The summed E-state index contributed by atoms with van der Waals surface area (Å²) >= 11 is 6.03. The molecule has 1 fully saturated rings. The Labute approximate surface area is 196 Å². The van der Waals surface area contributed by atoms with Crippen molar-refractivity contribution in [2.45, 2.75) is 52.1 Å². The largest absolute Gasteiger partial charge is 0.496 e. The highest BCUT2D eigenvalue weighted by Gasteiger charge is 2.23. The van der Waals surface area contributed by atoms with Gasteiger partial charge in [-0.25, -0.2) is 4.79 Å². The number of likely N-dealkylation sites (tertiary alicyclic amines) is 1.